The van der Waals surface area contributed by atoms with E-state index in [0.29, 0.717) is 136 Å². The van der Waals surface area contributed by atoms with Crippen LogP contribution >= 0.6 is 23.5 Å². The van der Waals surface area contributed by atoms with Gasteiger partial charge >= 0.3 is 0 Å². The predicted octanol–water partition coefficient (Wildman–Crippen LogP) is 3.26. The van der Waals surface area contributed by atoms with Crippen LogP contribution in [0.4, 0.5) is 8.78 Å². The highest BCUT2D eigenvalue weighted by Crippen LogP contribution is 2.39. The molecule has 2 saturated carbocycles. The van der Waals surface area contributed by atoms with Crippen LogP contribution in [0.25, 0.3) is 10.9 Å². The maximum atomic E-state index is 15.3. The van der Waals surface area contributed by atoms with Gasteiger partial charge in [0.1, 0.15) is 54.3 Å². The predicted molar refractivity (Wildman–Crippen MR) is 344 cm³/mol. The molecule has 6 aliphatic rings. The van der Waals surface area contributed by atoms with Crippen molar-refractivity contribution in [3.63, 3.8) is 0 Å². The number of hydrogen-bond acceptors (Lipinski definition) is 14. The lowest BCUT2D eigenvalue weighted by Crippen LogP contribution is -2.59. The number of amides is 9. The molecule has 3 saturated heterocycles. The van der Waals surface area contributed by atoms with Gasteiger partial charge in [0.2, 0.25) is 53.2 Å². The summed E-state index contributed by atoms with van der Waals surface area (Å²) < 4.78 is 30.0. The molecule has 9 amide bonds. The Bertz CT molecular complexity index is 3040. The minimum atomic E-state index is -1.42. The second kappa shape index (κ2) is 33.5. The molecule has 11 atom stereocenters. The number of benzene rings is 2. The third kappa shape index (κ3) is 19.1. The Morgan fingerprint density at radius 3 is 2.08 bits per heavy atom. The number of aliphatic hydroxyl groups is 1. The van der Waals surface area contributed by atoms with Gasteiger partial charge in [-0.3, -0.25) is 43.2 Å². The van der Waals surface area contributed by atoms with E-state index in [1.807, 2.05) is 18.2 Å². The second-order valence-electron chi connectivity index (χ2n) is 25.6. The van der Waals surface area contributed by atoms with E-state index in [4.69, 9.17) is 5.73 Å². The molecule has 5 unspecified atom stereocenters. The number of thioether (sulfide) groups is 2. The van der Waals surface area contributed by atoms with Crippen LogP contribution in [0.2, 0.25) is 0 Å². The normalized spacial score (nSPS) is 30.6. The molecule has 2 bridgehead atoms. The van der Waals surface area contributed by atoms with Gasteiger partial charge in [-0.2, -0.15) is 23.5 Å². The van der Waals surface area contributed by atoms with Crippen molar-refractivity contribution in [1.29, 1.82) is 0 Å². The van der Waals surface area contributed by atoms with E-state index in [1.54, 1.807) is 34.6 Å². The first-order valence-corrected chi connectivity index (χ1v) is 35.1. The molecule has 2 aliphatic carbocycles. The lowest BCUT2D eigenvalue weighted by molar-refractivity contribution is -0.143. The van der Waals surface area contributed by atoms with E-state index >= 15 is 14.0 Å². The zero-order chi connectivity index (χ0) is 64.6. The first-order chi connectivity index (χ1) is 43.9. The smallest absolute Gasteiger partial charge is 0.245 e. The van der Waals surface area contributed by atoms with Crippen molar-refractivity contribution < 1.29 is 57.0 Å². The summed E-state index contributed by atoms with van der Waals surface area (Å²) >= 11 is 3.22. The van der Waals surface area contributed by atoms with Crippen LogP contribution < -0.4 is 48.3 Å². The number of fused-ring (bicyclic) bond motifs is 6. The number of carbonyl (C=O) groups is 9. The fourth-order valence-electron chi connectivity index (χ4n) is 14.1. The molecule has 9 rings (SSSR count). The maximum absolute atomic E-state index is 15.3. The molecule has 12 N–H and O–H groups in total. The van der Waals surface area contributed by atoms with Gasteiger partial charge in [0.25, 0.3) is 0 Å². The van der Waals surface area contributed by atoms with E-state index in [-0.39, 0.29) is 87.1 Å². The summed E-state index contributed by atoms with van der Waals surface area (Å²) in [6.07, 6.45) is 6.86. The second-order valence-corrected chi connectivity index (χ2v) is 27.9. The number of H-pyrrole nitrogens is 1. The van der Waals surface area contributed by atoms with Gasteiger partial charge in [-0.25, -0.2) is 8.78 Å². The number of aromatic nitrogens is 1. The largest absolute Gasteiger partial charge is 0.393 e. The van der Waals surface area contributed by atoms with Gasteiger partial charge in [0.05, 0.1) is 12.6 Å². The topological polar surface area (TPSA) is 318 Å². The van der Waals surface area contributed by atoms with E-state index in [1.165, 1.54) is 30.0 Å². The molecule has 0 radical (unpaired) electrons. The van der Waals surface area contributed by atoms with E-state index < -0.39 is 108 Å². The summed E-state index contributed by atoms with van der Waals surface area (Å²) in [7, 11) is 0. The quantitative estimate of drug-likeness (QED) is 0.130. The molecule has 4 aliphatic heterocycles. The minimum Gasteiger partial charge on any atom is -0.393 e. The standard InChI is InChI=1S/C65H92F2N12O10S2/c1-38-59(83)76-53(28-39-12-16-46(80)17-13-39)64(88)78-23-5-10-55(78)62(86)69-22-26-91-37-41-8-4-7-40(27-41)36-90-25-20-57(81)74-51(9-2-3-21-68)60(84)72-35-58(82)75-52(29-42-33-70-49-18-14-44(66)31-47(42)49)61(85)77-54(65(89)79-24-6-11-56(79)63(87)73-38)30-43-34-71-50-19-15-45(67)32-48(43)50/h4,7-8,14,18,27,31,33,38-39,43,45-46,48,50-56,70-71,80H,2-3,5-6,9-13,15-17,19-26,28-30,32,34-37,68H2,1H3,(H,69,86)(H,72,84)(H,73,87)(H,74,81)(H,75,82)(H,76,83)(H,77,85)/t38-,39?,43?,45?,46?,48?,50?,51+,52+,53+,54+,55?,56-/m1/s1. The monoisotopic (exact) mass is 1300 g/mol. The van der Waals surface area contributed by atoms with Crippen molar-refractivity contribution in [2.75, 3.05) is 50.8 Å². The van der Waals surface area contributed by atoms with Crippen molar-refractivity contribution in [1.82, 2.24) is 57.3 Å². The number of nitrogens with zero attached hydrogens (tertiary/aromatic N) is 2. The van der Waals surface area contributed by atoms with Crippen molar-refractivity contribution in [2.45, 2.75) is 195 Å². The summed E-state index contributed by atoms with van der Waals surface area (Å²) in [5.41, 5.74) is 8.96. The number of nitrogens with one attached hydrogen (secondary N) is 9. The summed E-state index contributed by atoms with van der Waals surface area (Å²) in [6.45, 7) is 2.46. The molecule has 91 heavy (non-hydrogen) atoms. The van der Waals surface area contributed by atoms with Crippen molar-refractivity contribution >= 4 is 87.6 Å². The Morgan fingerprint density at radius 2 is 1.35 bits per heavy atom. The van der Waals surface area contributed by atoms with Crippen LogP contribution in [-0.2, 0) is 61.1 Å². The summed E-state index contributed by atoms with van der Waals surface area (Å²) in [5, 5.41) is 34.2. The Morgan fingerprint density at radius 1 is 0.670 bits per heavy atom. The van der Waals surface area contributed by atoms with Gasteiger partial charge in [0.15, 0.2) is 0 Å². The van der Waals surface area contributed by atoms with Gasteiger partial charge in [-0.05, 0) is 175 Å². The molecular weight excluding hydrogens is 1210 g/mol. The van der Waals surface area contributed by atoms with E-state index in [2.05, 4.69) is 53.6 Å². The highest BCUT2D eigenvalue weighted by molar-refractivity contribution is 7.98. The molecule has 26 heteroatoms. The molecule has 1 aromatic heterocycles. The Labute approximate surface area is 539 Å². The minimum absolute atomic E-state index is 0.00670. The molecule has 498 valence electrons. The average Bonchev–Trinajstić information content (AvgIpc) is 1.96. The number of alkyl halides is 1. The van der Waals surface area contributed by atoms with Gasteiger partial charge in [-0.15, -0.1) is 0 Å². The van der Waals surface area contributed by atoms with E-state index in [0.717, 1.165) is 11.1 Å². The molecular formula is C65H92F2N12O10S2. The van der Waals surface area contributed by atoms with Gasteiger partial charge in [-0.1, -0.05) is 24.3 Å². The van der Waals surface area contributed by atoms with Crippen LogP contribution in [0, 0.1) is 23.6 Å². The first-order valence-electron chi connectivity index (χ1n) is 32.8. The third-order valence-corrected chi connectivity index (χ3v) is 21.1. The average molecular weight is 1300 g/mol. The lowest BCUT2D eigenvalue weighted by atomic mass is 9.77. The van der Waals surface area contributed by atoms with E-state index in [9.17, 15) is 43.1 Å². The number of rotatable bonds is 10. The zero-order valence-corrected chi connectivity index (χ0v) is 53.7. The first kappa shape index (κ1) is 69.0. The van der Waals surface area contributed by atoms with Crippen molar-refractivity contribution in [3.8, 4) is 0 Å². The van der Waals surface area contributed by atoms with Crippen molar-refractivity contribution in [3.05, 3.63) is 71.2 Å². The summed E-state index contributed by atoms with van der Waals surface area (Å²) in [4.78, 5) is 135. The number of unbranched alkanes of at least 4 members (excludes halogenated alkanes) is 1. The Kier molecular flexibility index (Phi) is 25.4. The highest BCUT2D eigenvalue weighted by Gasteiger charge is 2.46. The Balaban J connectivity index is 0.974. The number of aliphatic hydroxyl groups excluding tert-OH is 1. The molecule has 22 nitrogen and oxygen atoms in total. The molecule has 5 heterocycles. The third-order valence-electron chi connectivity index (χ3n) is 19.0. The Hall–Kier alpha value is -6.35. The fourth-order valence-corrected chi connectivity index (χ4v) is 15.8. The van der Waals surface area contributed by atoms with Crippen LogP contribution in [-0.4, -0.2) is 184 Å². The zero-order valence-electron chi connectivity index (χ0n) is 52.1. The van der Waals surface area contributed by atoms with Crippen LogP contribution in [0.1, 0.15) is 133 Å². The number of halogens is 2. The number of hydrogen-bond donors (Lipinski definition) is 11. The van der Waals surface area contributed by atoms with Gasteiger partial charge in [0, 0.05) is 78.6 Å². The van der Waals surface area contributed by atoms with Crippen LogP contribution in [0.15, 0.2) is 48.7 Å². The van der Waals surface area contributed by atoms with Crippen LogP contribution in [0.5, 0.6) is 0 Å². The summed E-state index contributed by atoms with van der Waals surface area (Å²) in [6, 6.07) is 4.40. The fraction of sp³-hybridized carbons (Fsp3) is 0.646. The van der Waals surface area contributed by atoms with Crippen LogP contribution in [0.3, 0.4) is 0 Å². The highest BCUT2D eigenvalue weighted by atomic mass is 32.2. The lowest BCUT2D eigenvalue weighted by Gasteiger charge is -2.34. The number of nitrogens with two attached hydrogens (primary N) is 1. The molecule has 2 aromatic carbocycles. The number of carbonyl (C=O) groups excluding carboxylic acids is 9. The maximum Gasteiger partial charge on any atom is 0.245 e. The van der Waals surface area contributed by atoms with Crippen molar-refractivity contribution in [2.24, 2.45) is 23.5 Å². The van der Waals surface area contributed by atoms with Gasteiger partial charge < -0.3 is 68.2 Å². The molecule has 0 spiro atoms. The molecule has 5 fully saturated rings. The SMILES string of the molecule is C[C@H]1NC(=O)[C@H]2CCCN2C(=O)[C@H](CC2CNC3CCC(F)CC23)NC(=O)[C@H](Cc2c[nH]c3ccc(F)cc23)NC(=O)CNC(=O)[C@H](CCCCN)NC(=O)CCSCc2cccc(c2)CSCCNC(=O)C2CCCN2C(=O)[C@H](CC2CCC(O)CC2)NC1=O. The molecule has 3 aromatic rings. The summed E-state index contributed by atoms with van der Waals surface area (Å²) in [5.74, 6) is -3.77. The number of aromatic amines is 1.